The van der Waals surface area contributed by atoms with Gasteiger partial charge in [0, 0.05) is 11.5 Å². The van der Waals surface area contributed by atoms with E-state index in [1.54, 1.807) is 0 Å². The van der Waals surface area contributed by atoms with E-state index < -0.39 is 24.0 Å². The predicted octanol–water partition coefficient (Wildman–Crippen LogP) is -0.231. The zero-order valence-electron chi connectivity index (χ0n) is 7.66. The summed E-state index contributed by atoms with van der Waals surface area (Å²) in [7, 11) is 2.41. The first kappa shape index (κ1) is 17.4. The highest BCUT2D eigenvalue weighted by molar-refractivity contribution is 8.93. The van der Waals surface area contributed by atoms with E-state index in [0.29, 0.717) is 0 Å². The summed E-state index contributed by atoms with van der Waals surface area (Å²) in [5, 5.41) is 16.8. The van der Waals surface area contributed by atoms with Gasteiger partial charge in [-0.15, -0.1) is 17.0 Å². The number of halogens is 1. The second-order valence-corrected chi connectivity index (χ2v) is 5.01. The van der Waals surface area contributed by atoms with Gasteiger partial charge in [0.2, 0.25) is 0 Å². The highest BCUT2D eigenvalue weighted by Gasteiger charge is 2.14. The minimum absolute atomic E-state index is 0. The first-order chi connectivity index (χ1) is 6.45. The van der Waals surface area contributed by atoms with Gasteiger partial charge >= 0.3 is 11.9 Å². The molecule has 6 N–H and O–H groups in total. The van der Waals surface area contributed by atoms with E-state index in [9.17, 15) is 9.59 Å². The van der Waals surface area contributed by atoms with Crippen molar-refractivity contribution >= 4 is 50.5 Å². The Kier molecular flexibility index (Phi) is 10.8. The molecule has 0 saturated heterocycles. The van der Waals surface area contributed by atoms with Gasteiger partial charge in [-0.1, -0.05) is 21.6 Å². The molecule has 0 aliphatic carbocycles. The van der Waals surface area contributed by atoms with Crippen LogP contribution in [0.5, 0.6) is 0 Å². The van der Waals surface area contributed by atoms with Crippen LogP contribution in [0.25, 0.3) is 0 Å². The Morgan fingerprint density at radius 1 is 1.00 bits per heavy atom. The third kappa shape index (κ3) is 9.00. The summed E-state index contributed by atoms with van der Waals surface area (Å²) in [5.74, 6) is -1.68. The van der Waals surface area contributed by atoms with Crippen LogP contribution in [0.2, 0.25) is 0 Å². The summed E-state index contributed by atoms with van der Waals surface area (Å²) in [6.07, 6.45) is 0. The Hall–Kier alpha value is 0.0400. The number of aliphatic carboxylic acids is 2. The van der Waals surface area contributed by atoms with Gasteiger partial charge in [-0.2, -0.15) is 0 Å². The van der Waals surface area contributed by atoms with Gasteiger partial charge in [0.1, 0.15) is 12.1 Å². The van der Waals surface area contributed by atoms with Gasteiger partial charge in [0.25, 0.3) is 0 Å². The Bertz CT molecular complexity index is 197. The van der Waals surface area contributed by atoms with E-state index >= 15 is 0 Å². The van der Waals surface area contributed by atoms with E-state index in [4.69, 9.17) is 21.7 Å². The smallest absolute Gasteiger partial charge is 0.321 e. The van der Waals surface area contributed by atoms with Crippen molar-refractivity contribution in [2.75, 3.05) is 11.5 Å². The zero-order chi connectivity index (χ0) is 11.1. The number of carboxylic acids is 2. The van der Waals surface area contributed by atoms with Crippen LogP contribution >= 0.6 is 38.6 Å². The van der Waals surface area contributed by atoms with Crippen LogP contribution in [-0.2, 0) is 9.59 Å². The fourth-order valence-corrected chi connectivity index (χ4v) is 2.61. The van der Waals surface area contributed by atoms with E-state index in [0.717, 1.165) is 0 Å². The molecule has 0 spiro atoms. The number of hydrogen-bond acceptors (Lipinski definition) is 6. The summed E-state index contributed by atoms with van der Waals surface area (Å²) in [4.78, 5) is 20.5. The second-order valence-electron chi connectivity index (χ2n) is 2.46. The summed E-state index contributed by atoms with van der Waals surface area (Å²) >= 11 is 0. The number of carbonyl (C=O) groups is 2. The molecule has 0 heterocycles. The molecule has 0 aromatic rings. The van der Waals surface area contributed by atoms with Crippen LogP contribution in [0.4, 0.5) is 0 Å². The van der Waals surface area contributed by atoms with Crippen molar-refractivity contribution in [3.8, 4) is 0 Å². The summed E-state index contributed by atoms with van der Waals surface area (Å²) in [5.41, 5.74) is 10.4. The first-order valence-electron chi connectivity index (χ1n) is 3.66. The Labute approximate surface area is 105 Å². The molecular weight excluding hydrogens is 308 g/mol. The fourth-order valence-electron chi connectivity index (χ4n) is 0.385. The van der Waals surface area contributed by atoms with Crippen molar-refractivity contribution in [3.05, 3.63) is 0 Å². The van der Waals surface area contributed by atoms with E-state index in [2.05, 4.69) is 0 Å². The molecule has 0 bridgehead atoms. The number of hydrogen-bond donors (Lipinski definition) is 4. The largest absolute Gasteiger partial charge is 0.480 e. The summed E-state index contributed by atoms with van der Waals surface area (Å²) in [6, 6.07) is -1.85. The van der Waals surface area contributed by atoms with E-state index in [1.807, 2.05) is 0 Å². The average molecular weight is 321 g/mol. The van der Waals surface area contributed by atoms with Gasteiger partial charge in [0.05, 0.1) is 0 Å². The lowest BCUT2D eigenvalue weighted by atomic mass is 10.4. The van der Waals surface area contributed by atoms with Gasteiger partial charge in [-0.3, -0.25) is 9.59 Å². The molecule has 0 radical (unpaired) electrons. The van der Waals surface area contributed by atoms with Gasteiger partial charge in [-0.25, -0.2) is 0 Å². The third-order valence-corrected chi connectivity index (χ3v) is 3.69. The SMILES string of the molecule is Br.N[C@@H](CSSC[C@H](N)C(=O)O)C(=O)O. The molecule has 90 valence electrons. The molecule has 2 atom stereocenters. The lowest BCUT2D eigenvalue weighted by molar-refractivity contribution is -0.138. The lowest BCUT2D eigenvalue weighted by Gasteiger charge is -2.07. The maximum atomic E-state index is 10.3. The topological polar surface area (TPSA) is 127 Å². The van der Waals surface area contributed by atoms with Crippen LogP contribution in [-0.4, -0.2) is 45.7 Å². The maximum absolute atomic E-state index is 10.3. The number of nitrogens with two attached hydrogens (primary N) is 2. The van der Waals surface area contributed by atoms with Crippen LogP contribution in [0.15, 0.2) is 0 Å². The first-order valence-corrected chi connectivity index (χ1v) is 6.15. The van der Waals surface area contributed by atoms with E-state index in [1.165, 1.54) is 21.6 Å². The molecule has 0 aliphatic heterocycles. The molecule has 0 rings (SSSR count). The van der Waals surface area contributed by atoms with Crippen molar-refractivity contribution in [1.82, 2.24) is 0 Å². The van der Waals surface area contributed by atoms with Crippen LogP contribution in [0.1, 0.15) is 0 Å². The quantitative estimate of drug-likeness (QED) is 0.374. The molecule has 0 aliphatic rings. The molecule has 15 heavy (non-hydrogen) atoms. The van der Waals surface area contributed by atoms with Crippen molar-refractivity contribution in [2.24, 2.45) is 11.5 Å². The number of carboxylic acid groups (broad SMARTS) is 2. The Morgan fingerprint density at radius 2 is 1.27 bits per heavy atom. The Balaban J connectivity index is 0. The maximum Gasteiger partial charge on any atom is 0.321 e. The van der Waals surface area contributed by atoms with Crippen LogP contribution < -0.4 is 11.5 Å². The molecule has 0 unspecified atom stereocenters. The fraction of sp³-hybridized carbons (Fsp3) is 0.667. The summed E-state index contributed by atoms with van der Waals surface area (Å²) < 4.78 is 0. The van der Waals surface area contributed by atoms with Crippen molar-refractivity contribution in [3.63, 3.8) is 0 Å². The third-order valence-electron chi connectivity index (χ3n) is 1.21. The molecular formula is C6H13BrN2O4S2. The van der Waals surface area contributed by atoms with Gasteiger partial charge < -0.3 is 21.7 Å². The van der Waals surface area contributed by atoms with Crippen LogP contribution in [0.3, 0.4) is 0 Å². The lowest BCUT2D eigenvalue weighted by Crippen LogP contribution is -2.33. The predicted molar refractivity (Wildman–Crippen MR) is 66.5 cm³/mol. The normalized spacial score (nSPS) is 13.7. The molecule has 0 saturated carbocycles. The highest BCUT2D eigenvalue weighted by Crippen LogP contribution is 2.22. The van der Waals surface area contributed by atoms with E-state index in [-0.39, 0.29) is 28.5 Å². The van der Waals surface area contributed by atoms with Crippen LogP contribution in [0, 0.1) is 0 Å². The minimum Gasteiger partial charge on any atom is -0.480 e. The molecule has 0 aromatic heterocycles. The van der Waals surface area contributed by atoms with Crippen molar-refractivity contribution in [1.29, 1.82) is 0 Å². The zero-order valence-corrected chi connectivity index (χ0v) is 11.0. The standard InChI is InChI=1S/C6H12N2O4S2.BrH/c7-3(5(9)10)1-13-14-2-4(8)6(11)12;/h3-4H,1-2,7-8H2,(H,9,10)(H,11,12);1H/t3-,4-;/m0./s1. The number of rotatable bonds is 7. The highest BCUT2D eigenvalue weighted by atomic mass is 79.9. The average Bonchev–Trinajstić information content (AvgIpc) is 2.11. The molecule has 0 aromatic carbocycles. The molecule has 9 heteroatoms. The van der Waals surface area contributed by atoms with Crippen molar-refractivity contribution < 1.29 is 19.8 Å². The molecule has 0 amide bonds. The van der Waals surface area contributed by atoms with Gasteiger partial charge in [0.15, 0.2) is 0 Å². The molecule has 0 fully saturated rings. The summed E-state index contributed by atoms with van der Waals surface area (Å²) in [6.45, 7) is 0. The monoisotopic (exact) mass is 320 g/mol. The second kappa shape index (κ2) is 9.28. The Morgan fingerprint density at radius 3 is 1.47 bits per heavy atom. The minimum atomic E-state index is -1.07. The van der Waals surface area contributed by atoms with Gasteiger partial charge in [-0.05, 0) is 0 Å². The molecule has 6 nitrogen and oxygen atoms in total. The van der Waals surface area contributed by atoms with Crippen molar-refractivity contribution in [2.45, 2.75) is 12.1 Å².